The highest BCUT2D eigenvalue weighted by atomic mass is 16.5. The number of fused-ring (bicyclic) bond motifs is 7. The second-order valence-corrected chi connectivity index (χ2v) is 9.49. The minimum Gasteiger partial charge on any atom is -0.496 e. The third-order valence-corrected chi connectivity index (χ3v) is 7.64. The van der Waals surface area contributed by atoms with Gasteiger partial charge in [-0.15, -0.1) is 0 Å². The third kappa shape index (κ3) is 3.43. The van der Waals surface area contributed by atoms with Gasteiger partial charge in [0.1, 0.15) is 23.0 Å². The molecular weight excluding hydrogens is 448 g/mol. The highest BCUT2D eigenvalue weighted by Gasteiger charge is 2.29. The van der Waals surface area contributed by atoms with E-state index in [0.29, 0.717) is 0 Å². The largest absolute Gasteiger partial charge is 0.496 e. The van der Waals surface area contributed by atoms with Crippen molar-refractivity contribution in [1.82, 2.24) is 0 Å². The van der Waals surface area contributed by atoms with E-state index in [2.05, 4.69) is 60.7 Å². The Balaban J connectivity index is 1.63. The number of ether oxygens (including phenoxy) is 4. The molecule has 0 atom stereocenters. The van der Waals surface area contributed by atoms with Gasteiger partial charge in [-0.2, -0.15) is 0 Å². The molecule has 0 N–H and O–H groups in total. The SMILES string of the molecule is COc1c2cccc1Cc1ccc3c(c1OC)Cc1c-3ccc(c1OC)Cc1cccc(c1OC)C2. The van der Waals surface area contributed by atoms with Crippen LogP contribution in [0.4, 0.5) is 0 Å². The predicted octanol–water partition coefficient (Wildman–Crippen LogP) is 6.38. The first-order valence-corrected chi connectivity index (χ1v) is 12.3. The molecule has 0 saturated heterocycles. The zero-order chi connectivity index (χ0) is 24.8. The maximum atomic E-state index is 6.05. The zero-order valence-electron chi connectivity index (χ0n) is 21.2. The molecule has 4 aromatic rings. The summed E-state index contributed by atoms with van der Waals surface area (Å²) in [7, 11) is 7.06. The van der Waals surface area contributed by atoms with Crippen LogP contribution in [0.1, 0.15) is 44.5 Å². The summed E-state index contributed by atoms with van der Waals surface area (Å²) >= 11 is 0. The minimum absolute atomic E-state index is 0.719. The first-order valence-electron chi connectivity index (χ1n) is 12.3. The third-order valence-electron chi connectivity index (χ3n) is 7.64. The summed E-state index contributed by atoms with van der Waals surface area (Å²) in [5.74, 6) is 3.76. The van der Waals surface area contributed by atoms with Crippen LogP contribution in [0.25, 0.3) is 11.1 Å². The molecule has 0 fully saturated rings. The number of hydrogen-bond acceptors (Lipinski definition) is 4. The van der Waals surface area contributed by atoms with Crippen molar-refractivity contribution < 1.29 is 18.9 Å². The summed E-state index contributed by atoms with van der Waals surface area (Å²) in [6, 6.07) is 21.7. The smallest absolute Gasteiger partial charge is 0.126 e. The number of para-hydroxylation sites is 2. The zero-order valence-corrected chi connectivity index (χ0v) is 21.2. The van der Waals surface area contributed by atoms with Crippen molar-refractivity contribution in [3.63, 3.8) is 0 Å². The van der Waals surface area contributed by atoms with Crippen LogP contribution < -0.4 is 18.9 Å². The Bertz CT molecular complexity index is 1370. The van der Waals surface area contributed by atoms with E-state index in [1.807, 2.05) is 0 Å². The molecule has 182 valence electrons. The molecule has 8 bridgehead atoms. The first-order chi connectivity index (χ1) is 17.7. The molecule has 2 aliphatic rings. The Morgan fingerprint density at radius 1 is 0.389 bits per heavy atom. The van der Waals surface area contributed by atoms with Crippen LogP contribution in [0.15, 0.2) is 60.7 Å². The predicted molar refractivity (Wildman–Crippen MR) is 142 cm³/mol. The van der Waals surface area contributed by atoms with Gasteiger partial charge in [-0.1, -0.05) is 60.7 Å². The van der Waals surface area contributed by atoms with Crippen LogP contribution in [-0.4, -0.2) is 28.4 Å². The molecule has 0 amide bonds. The fourth-order valence-electron chi connectivity index (χ4n) is 6.14. The Morgan fingerprint density at radius 2 is 0.722 bits per heavy atom. The van der Waals surface area contributed by atoms with Crippen molar-refractivity contribution in [1.29, 1.82) is 0 Å². The van der Waals surface area contributed by atoms with Crippen molar-refractivity contribution in [3.05, 3.63) is 105 Å². The van der Waals surface area contributed by atoms with E-state index in [9.17, 15) is 0 Å². The van der Waals surface area contributed by atoms with Crippen LogP contribution in [0.5, 0.6) is 23.0 Å². The Hall–Kier alpha value is -3.92. The molecule has 0 heterocycles. The number of benzene rings is 4. The van der Waals surface area contributed by atoms with Gasteiger partial charge in [-0.05, 0) is 44.5 Å². The van der Waals surface area contributed by atoms with Gasteiger partial charge in [0, 0.05) is 36.8 Å². The Kier molecular flexibility index (Phi) is 5.60. The van der Waals surface area contributed by atoms with Crippen molar-refractivity contribution in [2.75, 3.05) is 28.4 Å². The molecule has 0 unspecified atom stereocenters. The van der Waals surface area contributed by atoms with Crippen LogP contribution in [-0.2, 0) is 25.7 Å². The lowest BCUT2D eigenvalue weighted by molar-refractivity contribution is 0.396. The molecule has 36 heavy (non-hydrogen) atoms. The average molecular weight is 479 g/mol. The summed E-state index contributed by atoms with van der Waals surface area (Å²) in [5, 5.41) is 0. The highest BCUT2D eigenvalue weighted by Crippen LogP contribution is 2.48. The maximum absolute atomic E-state index is 6.05. The van der Waals surface area contributed by atoms with Crippen molar-refractivity contribution >= 4 is 0 Å². The molecule has 4 heteroatoms. The molecule has 0 aromatic heterocycles. The quantitative estimate of drug-likeness (QED) is 0.295. The van der Waals surface area contributed by atoms with Gasteiger partial charge < -0.3 is 18.9 Å². The molecule has 0 radical (unpaired) electrons. The molecule has 2 aliphatic carbocycles. The van der Waals surface area contributed by atoms with Crippen molar-refractivity contribution in [3.8, 4) is 34.1 Å². The Morgan fingerprint density at radius 3 is 1.06 bits per heavy atom. The fourth-order valence-corrected chi connectivity index (χ4v) is 6.14. The summed E-state index contributed by atoms with van der Waals surface area (Å²) in [5.41, 5.74) is 11.8. The summed E-state index contributed by atoms with van der Waals surface area (Å²) in [6.07, 6.45) is 2.95. The van der Waals surface area contributed by atoms with E-state index in [1.165, 1.54) is 22.3 Å². The van der Waals surface area contributed by atoms with Crippen LogP contribution in [0, 0.1) is 0 Å². The van der Waals surface area contributed by atoms with E-state index < -0.39 is 0 Å². The second-order valence-electron chi connectivity index (χ2n) is 9.49. The van der Waals surface area contributed by atoms with Crippen LogP contribution in [0.2, 0.25) is 0 Å². The standard InChI is InChI=1S/C32H30O4/c1-33-29-19-7-5-9-21(29)16-23-11-13-25-26-14-12-24(17-22-10-6-8-20(15-19)30(22)34-2)32(36-4)28(26)18-27(25)31(23)35-3/h5-14H,15-18H2,1-4H3. The van der Waals surface area contributed by atoms with E-state index in [1.54, 1.807) is 28.4 Å². The van der Waals surface area contributed by atoms with Crippen LogP contribution >= 0.6 is 0 Å². The first kappa shape index (κ1) is 22.5. The summed E-state index contributed by atoms with van der Waals surface area (Å²) in [4.78, 5) is 0. The molecule has 4 nitrogen and oxygen atoms in total. The molecule has 0 spiro atoms. The van der Waals surface area contributed by atoms with E-state index in [4.69, 9.17) is 18.9 Å². The molecular formula is C32H30O4. The minimum atomic E-state index is 0.719. The topological polar surface area (TPSA) is 36.9 Å². The van der Waals surface area contributed by atoms with Crippen LogP contribution in [0.3, 0.4) is 0 Å². The maximum Gasteiger partial charge on any atom is 0.126 e. The molecule has 0 saturated carbocycles. The molecule has 4 aromatic carbocycles. The Labute approximate surface area is 212 Å². The molecule has 6 rings (SSSR count). The fraction of sp³-hybridized carbons (Fsp3) is 0.250. The van der Waals surface area contributed by atoms with Gasteiger partial charge in [-0.25, -0.2) is 0 Å². The van der Waals surface area contributed by atoms with Gasteiger partial charge in [0.2, 0.25) is 0 Å². The lowest BCUT2D eigenvalue weighted by Gasteiger charge is -2.19. The van der Waals surface area contributed by atoms with Gasteiger partial charge in [0.05, 0.1) is 28.4 Å². The van der Waals surface area contributed by atoms with E-state index in [0.717, 1.165) is 82.1 Å². The number of methoxy groups -OCH3 is 4. The van der Waals surface area contributed by atoms with Crippen molar-refractivity contribution in [2.45, 2.75) is 25.7 Å². The number of hydrogen-bond donors (Lipinski definition) is 0. The normalized spacial score (nSPS) is 13.1. The van der Waals surface area contributed by atoms with Crippen molar-refractivity contribution in [2.24, 2.45) is 0 Å². The van der Waals surface area contributed by atoms with Gasteiger partial charge in [-0.3, -0.25) is 0 Å². The van der Waals surface area contributed by atoms with E-state index in [-0.39, 0.29) is 0 Å². The monoisotopic (exact) mass is 478 g/mol. The van der Waals surface area contributed by atoms with Gasteiger partial charge in [0.25, 0.3) is 0 Å². The van der Waals surface area contributed by atoms with Gasteiger partial charge in [0.15, 0.2) is 0 Å². The van der Waals surface area contributed by atoms with E-state index >= 15 is 0 Å². The summed E-state index contributed by atoms with van der Waals surface area (Å²) < 4.78 is 24.1. The number of rotatable bonds is 4. The lowest BCUT2D eigenvalue weighted by atomic mass is 9.93. The van der Waals surface area contributed by atoms with Gasteiger partial charge >= 0.3 is 0 Å². The second kappa shape index (κ2) is 8.94. The summed E-state index contributed by atoms with van der Waals surface area (Å²) in [6.45, 7) is 0. The molecule has 0 aliphatic heterocycles. The lowest BCUT2D eigenvalue weighted by Crippen LogP contribution is -2.05. The average Bonchev–Trinajstić information content (AvgIpc) is 3.27. The highest BCUT2D eigenvalue weighted by molar-refractivity contribution is 5.83.